The van der Waals surface area contributed by atoms with E-state index in [0.29, 0.717) is 17.2 Å². The standard InChI is InChI=1S/C38H28N8.C7H8O3S.2ClH/c1-5-13-31(14-6-1)37-39-43(33-17-9-3-10-18-33)45(41-37)35-25-21-29(22-26-35)30-23-27-36(28-24-30)46-42-38(32-15-7-2-8-16-32)40-44(46)34-19-11-4-12-20-34;1-6-4-2-3-5-7(6)11(8,9)10;;/h1-28H;2-5H,1H3,(H,8,9,10);2*1H/q+2;;;/p-2. The molecule has 0 saturated carbocycles. The summed E-state index contributed by atoms with van der Waals surface area (Å²) in [4.78, 5) is 7.30. The molecule has 0 bridgehead atoms. The molecule has 0 radical (unpaired) electrons. The third-order valence-electron chi connectivity index (χ3n) is 9.06. The number of aromatic nitrogens is 8. The first-order valence-corrected chi connectivity index (χ1v) is 19.5. The lowest BCUT2D eigenvalue weighted by atomic mass is 10.1. The summed E-state index contributed by atoms with van der Waals surface area (Å²) in [7, 11) is -4.03. The first-order chi connectivity index (χ1) is 27.8. The molecule has 0 aliphatic rings. The minimum Gasteiger partial charge on any atom is -1.00 e. The Hall–Kier alpha value is -6.83. The summed E-state index contributed by atoms with van der Waals surface area (Å²) >= 11 is 0. The van der Waals surface area contributed by atoms with Crippen LogP contribution in [0.25, 0.3) is 56.7 Å². The zero-order valence-electron chi connectivity index (χ0n) is 31.5. The molecule has 0 aliphatic heterocycles. The van der Waals surface area contributed by atoms with Gasteiger partial charge in [-0.3, -0.25) is 4.55 Å². The quantitative estimate of drug-likeness (QED) is 0.183. The number of nitrogens with zero attached hydrogens (tertiary/aromatic N) is 8. The highest BCUT2D eigenvalue weighted by Gasteiger charge is 2.25. The van der Waals surface area contributed by atoms with E-state index in [1.807, 2.05) is 141 Å². The van der Waals surface area contributed by atoms with Crippen molar-refractivity contribution in [2.45, 2.75) is 11.8 Å². The number of hydrogen-bond donors (Lipinski definition) is 1. The highest BCUT2D eigenvalue weighted by Crippen LogP contribution is 2.22. The van der Waals surface area contributed by atoms with Gasteiger partial charge in [0.25, 0.3) is 10.1 Å². The molecule has 1 N–H and O–H groups in total. The molecule has 294 valence electrons. The summed E-state index contributed by atoms with van der Waals surface area (Å²) in [5, 5.41) is 19.5. The van der Waals surface area contributed by atoms with E-state index >= 15 is 0 Å². The summed E-state index contributed by atoms with van der Waals surface area (Å²) in [5.41, 5.74) is 8.29. The fraction of sp³-hybridized carbons (Fsp3) is 0.0222. The van der Waals surface area contributed by atoms with E-state index in [-0.39, 0.29) is 29.7 Å². The number of tetrazole rings is 2. The van der Waals surface area contributed by atoms with Gasteiger partial charge >= 0.3 is 11.6 Å². The van der Waals surface area contributed by atoms with Crippen LogP contribution in [0.2, 0.25) is 0 Å². The van der Waals surface area contributed by atoms with Crippen LogP contribution in [0.3, 0.4) is 0 Å². The molecule has 0 amide bonds. The van der Waals surface area contributed by atoms with E-state index in [0.717, 1.165) is 45.0 Å². The van der Waals surface area contributed by atoms with Gasteiger partial charge in [0, 0.05) is 9.59 Å². The van der Waals surface area contributed by atoms with Crippen LogP contribution in [-0.2, 0) is 10.1 Å². The van der Waals surface area contributed by atoms with Gasteiger partial charge in [-0.15, -0.1) is 0 Å². The molecule has 14 heteroatoms. The first-order valence-electron chi connectivity index (χ1n) is 18.1. The van der Waals surface area contributed by atoms with Gasteiger partial charge in [0.15, 0.2) is 11.4 Å². The number of aryl methyl sites for hydroxylation is 1. The van der Waals surface area contributed by atoms with E-state index < -0.39 is 10.1 Å². The second-order valence-corrected chi connectivity index (χ2v) is 14.3. The van der Waals surface area contributed by atoms with Gasteiger partial charge in [0.05, 0.1) is 26.2 Å². The van der Waals surface area contributed by atoms with Crippen LogP contribution in [0.5, 0.6) is 0 Å². The third kappa shape index (κ3) is 9.49. The van der Waals surface area contributed by atoms with Crippen molar-refractivity contribution in [1.82, 2.24) is 30.0 Å². The first kappa shape index (κ1) is 41.8. The van der Waals surface area contributed by atoms with Gasteiger partial charge in [0.1, 0.15) is 11.4 Å². The van der Waals surface area contributed by atoms with E-state index in [4.69, 9.17) is 24.9 Å². The lowest BCUT2D eigenvalue weighted by molar-refractivity contribution is -0.734. The molecule has 0 saturated heterocycles. The highest BCUT2D eigenvalue weighted by molar-refractivity contribution is 7.85. The predicted octanol–water partition coefficient (Wildman–Crippen LogP) is 1.65. The fourth-order valence-electron chi connectivity index (χ4n) is 6.19. The smallest absolute Gasteiger partial charge is 0.340 e. The zero-order chi connectivity index (χ0) is 39.2. The van der Waals surface area contributed by atoms with Crippen molar-refractivity contribution in [2.75, 3.05) is 0 Å². The molecular formula is C45H36Cl2N8O3S. The topological polar surface area (TPSA) is 124 Å². The number of halogens is 2. The van der Waals surface area contributed by atoms with E-state index in [1.165, 1.54) is 6.07 Å². The van der Waals surface area contributed by atoms with Crippen molar-refractivity contribution in [3.05, 3.63) is 200 Å². The number of hydrogen-bond acceptors (Lipinski definition) is 6. The van der Waals surface area contributed by atoms with Crippen LogP contribution in [0.4, 0.5) is 0 Å². The van der Waals surface area contributed by atoms with E-state index in [1.54, 1.807) is 25.1 Å². The maximum absolute atomic E-state index is 10.6. The fourth-order valence-corrected chi connectivity index (χ4v) is 6.91. The van der Waals surface area contributed by atoms with Crippen molar-refractivity contribution in [3.63, 3.8) is 0 Å². The van der Waals surface area contributed by atoms with Gasteiger partial charge in [-0.05, 0) is 147 Å². The summed E-state index contributed by atoms with van der Waals surface area (Å²) < 4.78 is 29.9. The summed E-state index contributed by atoms with van der Waals surface area (Å²) in [6, 6.07) is 63.1. The molecule has 0 fully saturated rings. The Labute approximate surface area is 354 Å². The molecule has 2 heterocycles. The zero-order valence-corrected chi connectivity index (χ0v) is 33.8. The normalized spacial score (nSPS) is 10.7. The van der Waals surface area contributed by atoms with Crippen LogP contribution in [0.15, 0.2) is 199 Å². The Bertz CT molecular complexity index is 2700. The molecule has 11 nitrogen and oxygen atoms in total. The lowest BCUT2D eigenvalue weighted by Gasteiger charge is -2.04. The Balaban J connectivity index is 0.000000394. The Morgan fingerprint density at radius 1 is 0.441 bits per heavy atom. The summed E-state index contributed by atoms with van der Waals surface area (Å²) in [5.74, 6) is 1.31. The largest absolute Gasteiger partial charge is 1.00 e. The Morgan fingerprint density at radius 3 is 1.12 bits per heavy atom. The van der Waals surface area contributed by atoms with Gasteiger partial charge in [-0.1, -0.05) is 91.0 Å². The Kier molecular flexibility index (Phi) is 13.2. The molecule has 0 unspecified atom stereocenters. The number of para-hydroxylation sites is 2. The van der Waals surface area contributed by atoms with Crippen LogP contribution in [0, 0.1) is 6.92 Å². The molecule has 7 aromatic carbocycles. The van der Waals surface area contributed by atoms with E-state index in [2.05, 4.69) is 48.5 Å². The maximum Gasteiger partial charge on any atom is 0.340 e. The predicted molar refractivity (Wildman–Crippen MR) is 217 cm³/mol. The van der Waals surface area contributed by atoms with E-state index in [9.17, 15) is 8.42 Å². The Morgan fingerprint density at radius 2 is 0.780 bits per heavy atom. The van der Waals surface area contributed by atoms with Crippen molar-refractivity contribution >= 4 is 10.1 Å². The second-order valence-electron chi connectivity index (χ2n) is 12.9. The van der Waals surface area contributed by atoms with Crippen LogP contribution >= 0.6 is 0 Å². The SMILES string of the molecule is Cc1ccccc1S(=O)(=O)O.[Cl-].[Cl-].c1ccc(-c2nn(-c3ccccc3)[n+](-c3ccc(-c4ccc(-[n+]5nc(-c6ccccc6)nn5-c5ccccc5)cc4)cc3)n2)cc1. The third-order valence-corrected chi connectivity index (χ3v) is 10.1. The van der Waals surface area contributed by atoms with Gasteiger partial charge in [-0.2, -0.15) is 8.42 Å². The van der Waals surface area contributed by atoms with Crippen LogP contribution in [0.1, 0.15) is 5.56 Å². The minimum absolute atomic E-state index is 0. The second kappa shape index (κ2) is 18.6. The average molecular weight is 840 g/mol. The summed E-state index contributed by atoms with van der Waals surface area (Å²) in [6.45, 7) is 1.63. The molecule has 0 spiro atoms. The van der Waals surface area contributed by atoms with Crippen LogP contribution in [-0.4, -0.2) is 43.0 Å². The van der Waals surface area contributed by atoms with Crippen molar-refractivity contribution in [2.24, 2.45) is 0 Å². The van der Waals surface area contributed by atoms with Gasteiger partial charge in [0.2, 0.25) is 0 Å². The number of benzene rings is 7. The van der Waals surface area contributed by atoms with Crippen molar-refractivity contribution < 1.29 is 47.4 Å². The molecule has 9 rings (SSSR count). The average Bonchev–Trinajstić information content (AvgIpc) is 3.92. The van der Waals surface area contributed by atoms with Crippen molar-refractivity contribution in [1.29, 1.82) is 0 Å². The monoisotopic (exact) mass is 838 g/mol. The maximum atomic E-state index is 10.6. The highest BCUT2D eigenvalue weighted by atomic mass is 35.5. The molecular weight excluding hydrogens is 804 g/mol. The van der Waals surface area contributed by atoms with Gasteiger partial charge < -0.3 is 24.8 Å². The van der Waals surface area contributed by atoms with Crippen molar-refractivity contribution in [3.8, 4) is 56.7 Å². The number of rotatable bonds is 8. The summed E-state index contributed by atoms with van der Waals surface area (Å²) in [6.07, 6.45) is 0. The minimum atomic E-state index is -4.03. The molecule has 9 aromatic rings. The molecule has 2 aromatic heterocycles. The molecule has 0 atom stereocenters. The van der Waals surface area contributed by atoms with Crippen LogP contribution < -0.4 is 34.4 Å². The molecule has 0 aliphatic carbocycles. The van der Waals surface area contributed by atoms with Gasteiger partial charge in [-0.25, -0.2) is 0 Å². The molecule has 59 heavy (non-hydrogen) atoms. The lowest BCUT2D eigenvalue weighted by Crippen LogP contribution is -3.00.